The van der Waals surface area contributed by atoms with Crippen LogP contribution in [0.5, 0.6) is 5.75 Å². The van der Waals surface area contributed by atoms with Gasteiger partial charge in [0.05, 0.1) is 12.8 Å². The van der Waals surface area contributed by atoms with Crippen molar-refractivity contribution in [1.29, 1.82) is 0 Å². The van der Waals surface area contributed by atoms with E-state index in [4.69, 9.17) is 9.47 Å². The van der Waals surface area contributed by atoms with Gasteiger partial charge in [0.2, 0.25) is 0 Å². The quantitative estimate of drug-likeness (QED) is 0.531. The predicted molar refractivity (Wildman–Crippen MR) is 116 cm³/mol. The second-order valence-electron chi connectivity index (χ2n) is 7.43. The summed E-state index contributed by atoms with van der Waals surface area (Å²) in [5.74, 6) is 0.0608. The number of methoxy groups -OCH3 is 1. The molecule has 0 saturated carbocycles. The number of carbonyl (C=O) groups excluding carboxylic acids is 2. The first kappa shape index (κ1) is 22.3. The van der Waals surface area contributed by atoms with E-state index >= 15 is 0 Å². The average molecular weight is 425 g/mol. The molecule has 2 heterocycles. The van der Waals surface area contributed by atoms with E-state index < -0.39 is 5.97 Å². The van der Waals surface area contributed by atoms with Gasteiger partial charge in [-0.2, -0.15) is 5.10 Å². The van der Waals surface area contributed by atoms with Gasteiger partial charge >= 0.3 is 5.97 Å². The van der Waals surface area contributed by atoms with Crippen molar-refractivity contribution in [2.24, 2.45) is 0 Å². The van der Waals surface area contributed by atoms with E-state index in [1.807, 2.05) is 51.1 Å². The molecule has 8 heteroatoms. The Morgan fingerprint density at radius 3 is 2.55 bits per heavy atom. The van der Waals surface area contributed by atoms with Crippen LogP contribution >= 0.6 is 0 Å². The first-order chi connectivity index (χ1) is 14.9. The molecule has 164 valence electrons. The van der Waals surface area contributed by atoms with Gasteiger partial charge in [-0.3, -0.25) is 9.59 Å². The lowest BCUT2D eigenvalue weighted by Gasteiger charge is -2.11. The summed E-state index contributed by atoms with van der Waals surface area (Å²) in [6.07, 6.45) is 1.34. The number of ether oxygens (including phenoxy) is 2. The molecule has 3 rings (SSSR count). The smallest absolute Gasteiger partial charge is 0.306 e. The molecule has 1 N–H and O–H groups in total. The van der Waals surface area contributed by atoms with Gasteiger partial charge in [-0.25, -0.2) is 9.50 Å². The van der Waals surface area contributed by atoms with E-state index in [-0.39, 0.29) is 18.9 Å². The van der Waals surface area contributed by atoms with Crippen LogP contribution in [0.4, 0.5) is 0 Å². The minimum Gasteiger partial charge on any atom is -0.497 e. The summed E-state index contributed by atoms with van der Waals surface area (Å²) in [6, 6.07) is 9.58. The van der Waals surface area contributed by atoms with Crippen LogP contribution in [0.15, 0.2) is 30.3 Å². The summed E-state index contributed by atoms with van der Waals surface area (Å²) >= 11 is 0. The van der Waals surface area contributed by atoms with Gasteiger partial charge in [-0.15, -0.1) is 0 Å². The van der Waals surface area contributed by atoms with Crippen molar-refractivity contribution < 1.29 is 19.1 Å². The number of aromatic nitrogens is 3. The van der Waals surface area contributed by atoms with E-state index in [9.17, 15) is 9.59 Å². The van der Waals surface area contributed by atoms with Gasteiger partial charge in [0.25, 0.3) is 5.91 Å². The standard InChI is InChI=1S/C23H28N4O4/c1-15-13-21-25-16(2)20(17(3)27(21)26-15)9-10-23(29)31-14-22(28)24-12-11-18-5-7-19(30-4)8-6-18/h5-8,13H,9-12,14H2,1-4H3,(H,24,28). The minimum atomic E-state index is -0.416. The van der Waals surface area contributed by atoms with E-state index in [2.05, 4.69) is 15.4 Å². The van der Waals surface area contributed by atoms with Crippen molar-refractivity contribution in [2.45, 2.75) is 40.0 Å². The molecule has 3 aromatic rings. The zero-order valence-electron chi connectivity index (χ0n) is 18.4. The monoisotopic (exact) mass is 424 g/mol. The molecule has 0 bridgehead atoms. The van der Waals surface area contributed by atoms with Gasteiger partial charge in [0.1, 0.15) is 5.75 Å². The lowest BCUT2D eigenvalue weighted by Crippen LogP contribution is -2.30. The molecule has 0 aliphatic carbocycles. The molecule has 0 radical (unpaired) electrons. The van der Waals surface area contributed by atoms with Gasteiger partial charge in [0.15, 0.2) is 12.3 Å². The molecule has 0 fully saturated rings. The van der Waals surface area contributed by atoms with E-state index in [0.29, 0.717) is 19.4 Å². The lowest BCUT2D eigenvalue weighted by atomic mass is 10.1. The van der Waals surface area contributed by atoms with Gasteiger partial charge in [-0.1, -0.05) is 12.1 Å². The summed E-state index contributed by atoms with van der Waals surface area (Å²) < 4.78 is 12.0. The van der Waals surface area contributed by atoms with Crippen LogP contribution in [0.1, 0.15) is 34.6 Å². The highest BCUT2D eigenvalue weighted by Gasteiger charge is 2.14. The molecule has 0 saturated heterocycles. The van der Waals surface area contributed by atoms with Crippen molar-refractivity contribution in [1.82, 2.24) is 19.9 Å². The highest BCUT2D eigenvalue weighted by atomic mass is 16.5. The first-order valence-electron chi connectivity index (χ1n) is 10.2. The Morgan fingerprint density at radius 1 is 1.10 bits per heavy atom. The molecule has 0 aliphatic heterocycles. The van der Waals surface area contributed by atoms with Crippen molar-refractivity contribution in [2.75, 3.05) is 20.3 Å². The molecule has 0 spiro atoms. The number of hydrogen-bond acceptors (Lipinski definition) is 6. The van der Waals surface area contributed by atoms with Crippen LogP contribution in [-0.2, 0) is 27.2 Å². The molecule has 0 aliphatic rings. The highest BCUT2D eigenvalue weighted by Crippen LogP contribution is 2.17. The molecule has 8 nitrogen and oxygen atoms in total. The fourth-order valence-corrected chi connectivity index (χ4v) is 3.44. The molecule has 1 aromatic carbocycles. The number of fused-ring (bicyclic) bond motifs is 1. The molecule has 1 amide bonds. The number of nitrogens with zero attached hydrogens (tertiary/aromatic N) is 3. The van der Waals surface area contributed by atoms with Crippen molar-refractivity contribution in [3.05, 3.63) is 58.5 Å². The second kappa shape index (κ2) is 10.1. The van der Waals surface area contributed by atoms with E-state index in [0.717, 1.165) is 39.6 Å². The fourth-order valence-electron chi connectivity index (χ4n) is 3.44. The number of amides is 1. The molecule has 2 aromatic heterocycles. The SMILES string of the molecule is COc1ccc(CCNC(=O)COC(=O)CCc2c(C)nc3cc(C)nn3c2C)cc1. The molecule has 31 heavy (non-hydrogen) atoms. The van der Waals surface area contributed by atoms with Crippen LogP contribution in [0, 0.1) is 20.8 Å². The van der Waals surface area contributed by atoms with Crippen LogP contribution in [0.2, 0.25) is 0 Å². The predicted octanol–water partition coefficient (Wildman–Crippen LogP) is 2.50. The highest BCUT2D eigenvalue weighted by molar-refractivity contribution is 5.80. The first-order valence-corrected chi connectivity index (χ1v) is 10.2. The Labute approximate surface area is 181 Å². The summed E-state index contributed by atoms with van der Waals surface area (Å²) in [6.45, 7) is 5.99. The Bertz CT molecular complexity index is 1070. The Hall–Kier alpha value is -3.42. The fraction of sp³-hybridized carbons (Fsp3) is 0.391. The normalized spacial score (nSPS) is 10.8. The van der Waals surface area contributed by atoms with Crippen LogP contribution in [-0.4, -0.2) is 46.7 Å². The zero-order chi connectivity index (χ0) is 22.4. The zero-order valence-corrected chi connectivity index (χ0v) is 18.4. The number of esters is 1. The largest absolute Gasteiger partial charge is 0.497 e. The topological polar surface area (TPSA) is 94.8 Å². The second-order valence-corrected chi connectivity index (χ2v) is 7.43. The maximum atomic E-state index is 12.1. The number of hydrogen-bond donors (Lipinski definition) is 1. The molecular formula is C23H28N4O4. The van der Waals surface area contributed by atoms with E-state index in [1.165, 1.54) is 0 Å². The summed E-state index contributed by atoms with van der Waals surface area (Å²) in [4.78, 5) is 28.6. The number of benzene rings is 1. The lowest BCUT2D eigenvalue weighted by molar-refractivity contribution is -0.148. The van der Waals surface area contributed by atoms with Crippen LogP contribution in [0.3, 0.4) is 0 Å². The average Bonchev–Trinajstić information content (AvgIpc) is 3.13. The third-order valence-electron chi connectivity index (χ3n) is 5.12. The van der Waals surface area contributed by atoms with E-state index in [1.54, 1.807) is 11.6 Å². The molecule has 0 unspecified atom stereocenters. The summed E-state index contributed by atoms with van der Waals surface area (Å²) in [7, 11) is 1.62. The molecular weight excluding hydrogens is 396 g/mol. The van der Waals surface area contributed by atoms with Crippen LogP contribution in [0.25, 0.3) is 5.65 Å². The minimum absolute atomic E-state index is 0.175. The summed E-state index contributed by atoms with van der Waals surface area (Å²) in [5, 5.41) is 7.20. The third kappa shape index (κ3) is 5.81. The third-order valence-corrected chi connectivity index (χ3v) is 5.12. The maximum Gasteiger partial charge on any atom is 0.306 e. The Balaban J connectivity index is 1.41. The van der Waals surface area contributed by atoms with Gasteiger partial charge in [0, 0.05) is 30.4 Å². The Kier molecular flexibility index (Phi) is 7.23. The van der Waals surface area contributed by atoms with Gasteiger partial charge < -0.3 is 14.8 Å². The summed E-state index contributed by atoms with van der Waals surface area (Å²) in [5.41, 5.74) is 5.57. The Morgan fingerprint density at radius 2 is 1.84 bits per heavy atom. The number of rotatable bonds is 9. The van der Waals surface area contributed by atoms with Crippen molar-refractivity contribution in [3.8, 4) is 5.75 Å². The van der Waals surface area contributed by atoms with Gasteiger partial charge in [-0.05, 0) is 56.9 Å². The number of aryl methyl sites for hydroxylation is 3. The van der Waals surface area contributed by atoms with Crippen LogP contribution < -0.4 is 10.1 Å². The molecule has 0 atom stereocenters. The maximum absolute atomic E-state index is 12.1. The van der Waals surface area contributed by atoms with Crippen molar-refractivity contribution in [3.63, 3.8) is 0 Å². The van der Waals surface area contributed by atoms with Crippen molar-refractivity contribution >= 4 is 17.5 Å². The number of nitrogens with one attached hydrogen (secondary N) is 1. The number of carbonyl (C=O) groups is 2.